The van der Waals surface area contributed by atoms with E-state index in [0.717, 1.165) is 13.0 Å². The maximum absolute atomic E-state index is 11.8. The number of urea groups is 1. The maximum atomic E-state index is 11.8. The highest BCUT2D eigenvalue weighted by Crippen LogP contribution is 2.21. The minimum absolute atomic E-state index is 0.0107. The molecule has 0 aliphatic heterocycles. The molecule has 1 unspecified atom stereocenters. The molecule has 2 amide bonds. The fourth-order valence-corrected chi connectivity index (χ4v) is 1.70. The van der Waals surface area contributed by atoms with Crippen LogP contribution < -0.4 is 10.6 Å². The lowest BCUT2D eigenvalue weighted by atomic mass is 10.2. The molecule has 116 valence electrons. The summed E-state index contributed by atoms with van der Waals surface area (Å²) in [4.78, 5) is 24.7. The van der Waals surface area contributed by atoms with Gasteiger partial charge in [0.1, 0.15) is 11.3 Å². The Morgan fingerprint density at radius 2 is 2.00 bits per heavy atom. The van der Waals surface area contributed by atoms with E-state index in [1.807, 2.05) is 25.9 Å². The van der Waals surface area contributed by atoms with Crippen LogP contribution in [0, 0.1) is 0 Å². The molecule has 0 radical (unpaired) electrons. The highest BCUT2D eigenvalue weighted by atomic mass is 16.4. The van der Waals surface area contributed by atoms with Crippen LogP contribution >= 0.6 is 0 Å². The second-order valence-electron chi connectivity index (χ2n) is 5.13. The van der Waals surface area contributed by atoms with Gasteiger partial charge in [0.2, 0.25) is 0 Å². The molecule has 1 aromatic rings. The van der Waals surface area contributed by atoms with Crippen LogP contribution in [-0.4, -0.2) is 53.8 Å². The number of aromatic carboxylic acids is 1. The number of amides is 2. The molecule has 7 nitrogen and oxygen atoms in total. The number of carboxylic acids is 1. The van der Waals surface area contributed by atoms with Crippen molar-refractivity contribution in [3.05, 3.63) is 23.8 Å². The number of rotatable bonds is 6. The van der Waals surface area contributed by atoms with Crippen LogP contribution in [0.3, 0.4) is 0 Å². The number of aromatic hydroxyl groups is 1. The van der Waals surface area contributed by atoms with Crippen LogP contribution in [0.4, 0.5) is 10.5 Å². The topological polar surface area (TPSA) is 102 Å². The van der Waals surface area contributed by atoms with Gasteiger partial charge in [-0.1, -0.05) is 0 Å². The van der Waals surface area contributed by atoms with Gasteiger partial charge in [-0.2, -0.15) is 0 Å². The van der Waals surface area contributed by atoms with Gasteiger partial charge in [-0.15, -0.1) is 0 Å². The molecule has 0 spiro atoms. The van der Waals surface area contributed by atoms with E-state index in [0.29, 0.717) is 5.69 Å². The number of nitrogens with one attached hydrogen (secondary N) is 2. The van der Waals surface area contributed by atoms with Crippen molar-refractivity contribution in [1.82, 2.24) is 10.2 Å². The van der Waals surface area contributed by atoms with Gasteiger partial charge in [0.05, 0.1) is 0 Å². The molecule has 21 heavy (non-hydrogen) atoms. The first kappa shape index (κ1) is 16.8. The first-order valence-electron chi connectivity index (χ1n) is 6.58. The third-order valence-electron chi connectivity index (χ3n) is 2.87. The Morgan fingerprint density at radius 1 is 1.33 bits per heavy atom. The minimum Gasteiger partial charge on any atom is -0.507 e. The molecule has 4 N–H and O–H groups in total. The normalized spacial score (nSPS) is 12.0. The highest BCUT2D eigenvalue weighted by molar-refractivity contribution is 5.95. The summed E-state index contributed by atoms with van der Waals surface area (Å²) >= 11 is 0. The number of carboxylic acid groups (broad SMARTS) is 1. The number of phenols is 1. The maximum Gasteiger partial charge on any atom is 0.339 e. The molecule has 0 aliphatic rings. The highest BCUT2D eigenvalue weighted by Gasteiger charge is 2.12. The SMILES string of the molecule is CC(CCN(C)C)NC(=O)Nc1ccc(O)c(C(=O)O)c1. The Balaban J connectivity index is 2.59. The van der Waals surface area contributed by atoms with E-state index in [4.69, 9.17) is 5.11 Å². The van der Waals surface area contributed by atoms with E-state index in [2.05, 4.69) is 10.6 Å². The van der Waals surface area contributed by atoms with E-state index < -0.39 is 12.0 Å². The zero-order valence-electron chi connectivity index (χ0n) is 12.4. The predicted octanol–water partition coefficient (Wildman–Crippen LogP) is 1.55. The molecular weight excluding hydrogens is 274 g/mol. The molecule has 0 aliphatic carbocycles. The van der Waals surface area contributed by atoms with E-state index in [9.17, 15) is 14.7 Å². The number of hydrogen-bond donors (Lipinski definition) is 4. The zero-order valence-corrected chi connectivity index (χ0v) is 12.4. The summed E-state index contributed by atoms with van der Waals surface area (Å²) in [5, 5.41) is 23.6. The van der Waals surface area contributed by atoms with Crippen LogP contribution in [0.5, 0.6) is 5.75 Å². The summed E-state index contributed by atoms with van der Waals surface area (Å²) in [5.41, 5.74) is 0.0518. The fourth-order valence-electron chi connectivity index (χ4n) is 1.70. The molecular formula is C14H21N3O4. The van der Waals surface area contributed by atoms with Crippen molar-refractivity contribution in [1.29, 1.82) is 0 Å². The van der Waals surface area contributed by atoms with Crippen molar-refractivity contribution in [3.63, 3.8) is 0 Å². The Labute approximate surface area is 123 Å². The van der Waals surface area contributed by atoms with Crippen molar-refractivity contribution in [2.24, 2.45) is 0 Å². The summed E-state index contributed by atoms with van der Waals surface area (Å²) in [5.74, 6) is -1.59. The van der Waals surface area contributed by atoms with Crippen LogP contribution in [0.2, 0.25) is 0 Å². The second-order valence-corrected chi connectivity index (χ2v) is 5.13. The summed E-state index contributed by atoms with van der Waals surface area (Å²) in [7, 11) is 3.91. The van der Waals surface area contributed by atoms with Gasteiger partial charge in [-0.05, 0) is 52.2 Å². The quantitative estimate of drug-likeness (QED) is 0.596. The number of hydrogen-bond acceptors (Lipinski definition) is 4. The van der Waals surface area contributed by atoms with Gasteiger partial charge < -0.3 is 25.7 Å². The average Bonchev–Trinajstić information content (AvgIpc) is 2.38. The third-order valence-corrected chi connectivity index (χ3v) is 2.87. The molecule has 0 bridgehead atoms. The smallest absolute Gasteiger partial charge is 0.339 e. The van der Waals surface area contributed by atoms with Crippen molar-refractivity contribution in [3.8, 4) is 5.75 Å². The van der Waals surface area contributed by atoms with E-state index in [-0.39, 0.29) is 17.4 Å². The average molecular weight is 295 g/mol. The van der Waals surface area contributed by atoms with Crippen LogP contribution in [0.1, 0.15) is 23.7 Å². The first-order valence-corrected chi connectivity index (χ1v) is 6.58. The third kappa shape index (κ3) is 5.70. The van der Waals surface area contributed by atoms with Crippen LogP contribution in [0.15, 0.2) is 18.2 Å². The zero-order chi connectivity index (χ0) is 16.0. The Hall–Kier alpha value is -2.28. The second kappa shape index (κ2) is 7.49. The summed E-state index contributed by atoms with van der Waals surface area (Å²) in [6.07, 6.45) is 0.802. The number of carbonyl (C=O) groups excluding carboxylic acids is 1. The Kier molecular flexibility index (Phi) is 5.98. The van der Waals surface area contributed by atoms with Crippen molar-refractivity contribution in [2.45, 2.75) is 19.4 Å². The fraction of sp³-hybridized carbons (Fsp3) is 0.429. The standard InChI is InChI=1S/C14H21N3O4/c1-9(6-7-17(2)3)15-14(21)16-10-4-5-12(18)11(8-10)13(19)20/h4-5,8-9,18H,6-7H2,1-3H3,(H,19,20)(H2,15,16,21). The molecule has 0 saturated carbocycles. The Bertz CT molecular complexity index is 517. The minimum atomic E-state index is -1.25. The first-order chi connectivity index (χ1) is 9.79. The van der Waals surface area contributed by atoms with Crippen molar-refractivity contribution >= 4 is 17.7 Å². The number of nitrogens with zero attached hydrogens (tertiary/aromatic N) is 1. The van der Waals surface area contributed by atoms with E-state index in [1.54, 1.807) is 0 Å². The molecule has 0 saturated heterocycles. The molecule has 1 atom stereocenters. The predicted molar refractivity (Wildman–Crippen MR) is 79.9 cm³/mol. The van der Waals surface area contributed by atoms with Gasteiger partial charge in [-0.3, -0.25) is 0 Å². The summed E-state index contributed by atoms with van der Waals surface area (Å²) in [6.45, 7) is 2.74. The monoisotopic (exact) mass is 295 g/mol. The summed E-state index contributed by atoms with van der Waals surface area (Å²) < 4.78 is 0. The van der Waals surface area contributed by atoms with Gasteiger partial charge in [-0.25, -0.2) is 9.59 Å². The van der Waals surface area contributed by atoms with Crippen molar-refractivity contribution < 1.29 is 19.8 Å². The molecule has 0 fully saturated rings. The molecule has 1 aromatic carbocycles. The lowest BCUT2D eigenvalue weighted by Gasteiger charge is -2.17. The largest absolute Gasteiger partial charge is 0.507 e. The number of carbonyl (C=O) groups is 2. The van der Waals surface area contributed by atoms with Gasteiger partial charge >= 0.3 is 12.0 Å². The number of benzene rings is 1. The molecule has 7 heteroatoms. The van der Waals surface area contributed by atoms with E-state index in [1.165, 1.54) is 18.2 Å². The number of anilines is 1. The molecule has 1 rings (SSSR count). The van der Waals surface area contributed by atoms with Crippen molar-refractivity contribution in [2.75, 3.05) is 26.0 Å². The van der Waals surface area contributed by atoms with Gasteiger partial charge in [0, 0.05) is 11.7 Å². The lowest BCUT2D eigenvalue weighted by Crippen LogP contribution is -2.37. The lowest BCUT2D eigenvalue weighted by molar-refractivity contribution is 0.0693. The Morgan fingerprint density at radius 3 is 2.57 bits per heavy atom. The van der Waals surface area contributed by atoms with E-state index >= 15 is 0 Å². The molecule has 0 aromatic heterocycles. The van der Waals surface area contributed by atoms with Crippen LogP contribution in [-0.2, 0) is 0 Å². The van der Waals surface area contributed by atoms with Gasteiger partial charge in [0.25, 0.3) is 0 Å². The van der Waals surface area contributed by atoms with Gasteiger partial charge in [0.15, 0.2) is 0 Å². The van der Waals surface area contributed by atoms with Crippen LogP contribution in [0.25, 0.3) is 0 Å². The summed E-state index contributed by atoms with van der Waals surface area (Å²) in [6, 6.07) is 3.45. The molecule has 0 heterocycles.